The Morgan fingerprint density at radius 3 is 2.20 bits per heavy atom. The molecule has 194 valence electrons. The number of hydrogen-bond acceptors (Lipinski definition) is 5. The molecule has 2 atom stereocenters. The third-order valence-electron chi connectivity index (χ3n) is 8.60. The molecular weight excluding hydrogens is 566 g/mol. The van der Waals surface area contributed by atoms with Gasteiger partial charge in [0.05, 0.1) is 34.0 Å². The SMILES string of the molecule is O=C1[C@@H]2C3c4ccccc4C(/C=N\Nc4nc5ccccc5[nH]4)(c4ccccc43)[C@H]2C(=O)N1c1ccc(Br)cc1. The van der Waals surface area contributed by atoms with Gasteiger partial charge in [0.15, 0.2) is 0 Å². The second-order valence-electron chi connectivity index (χ2n) is 10.5. The fraction of sp³-hybridized carbons (Fsp3) is 0.125. The number of carbonyl (C=O) groups excluding carboxylic acids is 2. The lowest BCUT2D eigenvalue weighted by Gasteiger charge is -2.52. The molecule has 4 aliphatic rings. The Morgan fingerprint density at radius 2 is 1.50 bits per heavy atom. The van der Waals surface area contributed by atoms with Crippen molar-refractivity contribution < 1.29 is 9.59 Å². The Kier molecular flexibility index (Phi) is 4.94. The zero-order valence-corrected chi connectivity index (χ0v) is 22.7. The smallest absolute Gasteiger partial charge is 0.239 e. The average Bonchev–Trinajstić information content (AvgIpc) is 3.52. The van der Waals surface area contributed by atoms with Crippen molar-refractivity contribution in [1.82, 2.24) is 9.97 Å². The Balaban J connectivity index is 1.32. The summed E-state index contributed by atoms with van der Waals surface area (Å²) in [5, 5.41) is 4.70. The quantitative estimate of drug-likeness (QED) is 0.154. The van der Waals surface area contributed by atoms with Crippen LogP contribution in [-0.2, 0) is 15.0 Å². The molecule has 7 nitrogen and oxygen atoms in total. The largest absolute Gasteiger partial charge is 0.323 e. The average molecular weight is 588 g/mol. The highest BCUT2D eigenvalue weighted by Gasteiger charge is 2.68. The number of amides is 2. The van der Waals surface area contributed by atoms with Crippen LogP contribution in [0.4, 0.5) is 11.6 Å². The molecule has 1 aliphatic heterocycles. The molecular formula is C32H22BrN5O2. The molecule has 4 aromatic carbocycles. The summed E-state index contributed by atoms with van der Waals surface area (Å²) in [6.45, 7) is 0. The second-order valence-corrected chi connectivity index (χ2v) is 11.4. The van der Waals surface area contributed by atoms with E-state index >= 15 is 0 Å². The van der Waals surface area contributed by atoms with Gasteiger partial charge in [0.25, 0.3) is 0 Å². The van der Waals surface area contributed by atoms with E-state index in [2.05, 4.69) is 55.6 Å². The Morgan fingerprint density at radius 1 is 0.850 bits per heavy atom. The lowest BCUT2D eigenvalue weighted by Crippen LogP contribution is -2.54. The van der Waals surface area contributed by atoms with Crippen molar-refractivity contribution in [3.63, 3.8) is 0 Å². The van der Waals surface area contributed by atoms with Crippen LogP contribution in [0.1, 0.15) is 28.2 Å². The molecule has 2 amide bonds. The van der Waals surface area contributed by atoms with Crippen molar-refractivity contribution in [3.05, 3.63) is 124 Å². The number of imidazole rings is 1. The predicted octanol–water partition coefficient (Wildman–Crippen LogP) is 5.97. The van der Waals surface area contributed by atoms with Gasteiger partial charge in [-0.1, -0.05) is 76.6 Å². The summed E-state index contributed by atoms with van der Waals surface area (Å²) in [4.78, 5) is 37.8. The third kappa shape index (κ3) is 3.05. The van der Waals surface area contributed by atoms with Crippen LogP contribution in [0, 0.1) is 11.8 Å². The van der Waals surface area contributed by atoms with Gasteiger partial charge in [0.2, 0.25) is 17.8 Å². The Hall–Kier alpha value is -4.56. The minimum atomic E-state index is -0.942. The number of imide groups is 1. The summed E-state index contributed by atoms with van der Waals surface area (Å²) >= 11 is 3.46. The minimum Gasteiger partial charge on any atom is -0.323 e. The highest BCUT2D eigenvalue weighted by Crippen LogP contribution is 2.63. The number of hydrazone groups is 1. The zero-order chi connectivity index (χ0) is 27.0. The molecule has 1 saturated heterocycles. The van der Waals surface area contributed by atoms with Crippen molar-refractivity contribution in [1.29, 1.82) is 0 Å². The van der Waals surface area contributed by atoms with Gasteiger partial charge in [-0.15, -0.1) is 0 Å². The van der Waals surface area contributed by atoms with Crippen LogP contribution in [-0.4, -0.2) is 28.0 Å². The van der Waals surface area contributed by atoms with Crippen LogP contribution in [0.25, 0.3) is 11.0 Å². The molecule has 5 aromatic rings. The van der Waals surface area contributed by atoms with E-state index < -0.39 is 17.3 Å². The third-order valence-corrected chi connectivity index (χ3v) is 9.13. The topological polar surface area (TPSA) is 90.5 Å². The standard InChI is InChI=1S/C32H22BrN5O2/c33-18-13-15-19(16-14-18)38-29(39)27-26-20-7-1-3-9-22(20)32(28(27)30(38)40,23-10-4-2-8-21(23)26)17-34-37-31-35-24-11-5-6-12-25(24)36-31/h1-17,26-28H,(H2,35,36,37)/b34-17-/t26?,27-,28-,32?/m1/s1. The van der Waals surface area contributed by atoms with Gasteiger partial charge < -0.3 is 4.98 Å². The summed E-state index contributed by atoms with van der Waals surface area (Å²) in [6.07, 6.45) is 1.82. The van der Waals surface area contributed by atoms with E-state index in [1.807, 2.05) is 79.0 Å². The normalized spacial score (nSPS) is 24.4. The zero-order valence-electron chi connectivity index (χ0n) is 21.1. The number of hydrogen-bond donors (Lipinski definition) is 2. The van der Waals surface area contributed by atoms with Gasteiger partial charge >= 0.3 is 0 Å². The molecule has 8 heteroatoms. The fourth-order valence-corrected chi connectivity index (χ4v) is 7.36. The fourth-order valence-electron chi connectivity index (χ4n) is 7.10. The second kappa shape index (κ2) is 8.47. The summed E-state index contributed by atoms with van der Waals surface area (Å²) in [5.74, 6) is -1.27. The number of halogens is 1. The van der Waals surface area contributed by atoms with Crippen LogP contribution in [0.5, 0.6) is 0 Å². The van der Waals surface area contributed by atoms with Gasteiger partial charge in [-0.25, -0.2) is 15.3 Å². The summed E-state index contributed by atoms with van der Waals surface area (Å²) in [7, 11) is 0. The van der Waals surface area contributed by atoms with Crippen molar-refractivity contribution in [3.8, 4) is 0 Å². The highest BCUT2D eigenvalue weighted by atomic mass is 79.9. The number of rotatable bonds is 4. The first-order valence-corrected chi connectivity index (χ1v) is 13.9. The molecule has 0 radical (unpaired) electrons. The van der Waals surface area contributed by atoms with Gasteiger partial charge in [-0.3, -0.25) is 9.59 Å². The number of aromatic amines is 1. The number of benzene rings is 4. The minimum absolute atomic E-state index is 0.172. The predicted molar refractivity (Wildman–Crippen MR) is 157 cm³/mol. The molecule has 0 spiro atoms. The van der Waals surface area contributed by atoms with E-state index in [0.29, 0.717) is 11.6 Å². The van der Waals surface area contributed by atoms with Gasteiger partial charge in [-0.2, -0.15) is 5.10 Å². The van der Waals surface area contributed by atoms with Gasteiger partial charge in [-0.05, 0) is 58.7 Å². The number of carbonyl (C=O) groups is 2. The number of fused-ring (bicyclic) bond motifs is 1. The molecule has 2 heterocycles. The number of H-pyrrole nitrogens is 1. The van der Waals surface area contributed by atoms with Crippen molar-refractivity contribution in [2.75, 3.05) is 10.3 Å². The van der Waals surface area contributed by atoms with Crippen molar-refractivity contribution in [2.24, 2.45) is 16.9 Å². The number of anilines is 2. The van der Waals surface area contributed by atoms with E-state index in [1.165, 1.54) is 4.90 Å². The maximum absolute atomic E-state index is 14.4. The summed E-state index contributed by atoms with van der Waals surface area (Å²) in [5.41, 5.74) is 8.57. The molecule has 1 aromatic heterocycles. The molecule has 1 fully saturated rings. The first-order chi connectivity index (χ1) is 19.6. The van der Waals surface area contributed by atoms with Crippen LogP contribution >= 0.6 is 15.9 Å². The van der Waals surface area contributed by atoms with E-state index in [-0.39, 0.29) is 17.7 Å². The molecule has 3 aliphatic carbocycles. The number of para-hydroxylation sites is 2. The Labute approximate surface area is 238 Å². The van der Waals surface area contributed by atoms with Crippen molar-refractivity contribution in [2.45, 2.75) is 11.3 Å². The molecule has 0 unspecified atom stereocenters. The monoisotopic (exact) mass is 587 g/mol. The van der Waals surface area contributed by atoms with E-state index in [4.69, 9.17) is 5.10 Å². The first kappa shape index (κ1) is 23.3. The van der Waals surface area contributed by atoms with Crippen LogP contribution in [0.2, 0.25) is 0 Å². The lowest BCUT2D eigenvalue weighted by atomic mass is 9.47. The van der Waals surface area contributed by atoms with Gasteiger partial charge in [0.1, 0.15) is 0 Å². The number of aromatic nitrogens is 2. The van der Waals surface area contributed by atoms with E-state index in [0.717, 1.165) is 37.8 Å². The summed E-state index contributed by atoms with van der Waals surface area (Å²) in [6, 6.07) is 31.4. The van der Waals surface area contributed by atoms with Crippen LogP contribution in [0.15, 0.2) is 107 Å². The van der Waals surface area contributed by atoms with Gasteiger partial charge in [0, 0.05) is 16.6 Å². The number of nitrogens with zero attached hydrogens (tertiary/aromatic N) is 3. The Bertz CT molecular complexity index is 1800. The molecule has 2 bridgehead atoms. The molecule has 9 rings (SSSR count). The number of nitrogens with one attached hydrogen (secondary N) is 2. The van der Waals surface area contributed by atoms with Crippen LogP contribution < -0.4 is 10.3 Å². The van der Waals surface area contributed by atoms with Crippen molar-refractivity contribution >= 4 is 56.6 Å². The lowest BCUT2D eigenvalue weighted by molar-refractivity contribution is -0.122. The maximum Gasteiger partial charge on any atom is 0.239 e. The van der Waals surface area contributed by atoms with E-state index in [1.54, 1.807) is 0 Å². The summed E-state index contributed by atoms with van der Waals surface area (Å²) < 4.78 is 0.882. The molecule has 2 N–H and O–H groups in total. The maximum atomic E-state index is 14.4. The van der Waals surface area contributed by atoms with E-state index in [9.17, 15) is 9.59 Å². The molecule has 40 heavy (non-hydrogen) atoms. The highest BCUT2D eigenvalue weighted by molar-refractivity contribution is 9.10. The molecule has 0 saturated carbocycles. The first-order valence-electron chi connectivity index (χ1n) is 13.1. The van der Waals surface area contributed by atoms with Crippen LogP contribution in [0.3, 0.4) is 0 Å².